The van der Waals surface area contributed by atoms with Gasteiger partial charge in [-0.15, -0.1) is 0 Å². The summed E-state index contributed by atoms with van der Waals surface area (Å²) in [5, 5.41) is 0.516. The Morgan fingerprint density at radius 1 is 1.38 bits per heavy atom. The maximum atomic E-state index is 5.89. The Hall–Kier alpha value is -1.09. The molecule has 1 aliphatic heterocycles. The van der Waals surface area contributed by atoms with Gasteiger partial charge in [0.25, 0.3) is 0 Å². The van der Waals surface area contributed by atoms with Gasteiger partial charge in [-0.2, -0.15) is 0 Å². The van der Waals surface area contributed by atoms with Gasteiger partial charge >= 0.3 is 0 Å². The summed E-state index contributed by atoms with van der Waals surface area (Å²) in [5.41, 5.74) is 13.7. The third-order valence-electron chi connectivity index (χ3n) is 2.22. The molecule has 1 aromatic rings. The molecule has 1 aliphatic rings. The first-order chi connectivity index (χ1) is 6.20. The molecular weight excluding hydrogens is 188 g/mol. The van der Waals surface area contributed by atoms with Crippen molar-refractivity contribution in [3.05, 3.63) is 16.7 Å². The van der Waals surface area contributed by atoms with Crippen LogP contribution in [0.3, 0.4) is 0 Å². The number of fused-ring (bicyclic) bond motifs is 1. The number of nitrogens with two attached hydrogens (primary N) is 2. The van der Waals surface area contributed by atoms with E-state index in [2.05, 4.69) is 0 Å². The van der Waals surface area contributed by atoms with E-state index in [0.717, 1.165) is 18.4 Å². The molecule has 0 radical (unpaired) electrons. The Morgan fingerprint density at radius 2 is 2.15 bits per heavy atom. The van der Waals surface area contributed by atoms with Crippen LogP contribution in [0.5, 0.6) is 5.75 Å². The quantitative estimate of drug-likeness (QED) is 0.626. The van der Waals surface area contributed by atoms with Crippen LogP contribution in [0.2, 0.25) is 5.02 Å². The molecule has 1 heterocycles. The first-order valence-electron chi connectivity index (χ1n) is 4.19. The number of halogens is 1. The van der Waals surface area contributed by atoms with Crippen molar-refractivity contribution >= 4 is 23.0 Å². The van der Waals surface area contributed by atoms with Gasteiger partial charge in [-0.25, -0.2) is 0 Å². The van der Waals surface area contributed by atoms with E-state index in [-0.39, 0.29) is 0 Å². The summed E-state index contributed by atoms with van der Waals surface area (Å²) in [6.07, 6.45) is 1.86. The number of anilines is 2. The highest BCUT2D eigenvalue weighted by molar-refractivity contribution is 6.33. The molecule has 70 valence electrons. The Bertz CT molecular complexity index is 352. The Labute approximate surface area is 81.6 Å². The van der Waals surface area contributed by atoms with Gasteiger partial charge in [0.2, 0.25) is 0 Å². The van der Waals surface area contributed by atoms with Crippen molar-refractivity contribution in [2.45, 2.75) is 12.8 Å². The zero-order valence-corrected chi connectivity index (χ0v) is 7.90. The molecule has 0 atom stereocenters. The lowest BCUT2D eigenvalue weighted by Crippen LogP contribution is -2.12. The van der Waals surface area contributed by atoms with Crippen molar-refractivity contribution in [2.24, 2.45) is 0 Å². The lowest BCUT2D eigenvalue weighted by atomic mass is 10.0. The average Bonchev–Trinajstić information content (AvgIpc) is 2.15. The van der Waals surface area contributed by atoms with E-state index in [1.54, 1.807) is 6.07 Å². The number of hydrogen-bond donors (Lipinski definition) is 2. The van der Waals surface area contributed by atoms with E-state index >= 15 is 0 Å². The maximum Gasteiger partial charge on any atom is 0.147 e. The van der Waals surface area contributed by atoms with Gasteiger partial charge in [-0.1, -0.05) is 11.6 Å². The predicted octanol–water partition coefficient (Wildman–Crippen LogP) is 1.83. The molecule has 0 spiro atoms. The number of hydrogen-bond acceptors (Lipinski definition) is 3. The van der Waals surface area contributed by atoms with Crippen LogP contribution in [0.4, 0.5) is 11.4 Å². The second-order valence-corrected chi connectivity index (χ2v) is 3.53. The van der Waals surface area contributed by atoms with Crippen LogP contribution in [0.25, 0.3) is 0 Å². The minimum absolute atomic E-state index is 0.516. The van der Waals surface area contributed by atoms with E-state index in [1.165, 1.54) is 0 Å². The molecule has 0 unspecified atom stereocenters. The molecule has 0 saturated carbocycles. The summed E-state index contributed by atoms with van der Waals surface area (Å²) < 4.78 is 5.43. The monoisotopic (exact) mass is 198 g/mol. The summed E-state index contributed by atoms with van der Waals surface area (Å²) in [5.74, 6) is 0.716. The molecule has 4 heteroatoms. The maximum absolute atomic E-state index is 5.89. The van der Waals surface area contributed by atoms with Crippen LogP contribution in [0, 0.1) is 0 Å². The summed E-state index contributed by atoms with van der Waals surface area (Å²) >= 11 is 5.89. The molecule has 0 amide bonds. The largest absolute Gasteiger partial charge is 0.491 e. The number of ether oxygens (including phenoxy) is 1. The first kappa shape index (κ1) is 8.51. The number of benzene rings is 1. The van der Waals surface area contributed by atoms with Gasteiger partial charge in [-0.05, 0) is 18.9 Å². The smallest absolute Gasteiger partial charge is 0.147 e. The third kappa shape index (κ3) is 1.29. The highest BCUT2D eigenvalue weighted by Crippen LogP contribution is 2.39. The number of rotatable bonds is 0. The molecule has 3 nitrogen and oxygen atoms in total. The molecule has 4 N–H and O–H groups in total. The topological polar surface area (TPSA) is 61.3 Å². The van der Waals surface area contributed by atoms with Crippen LogP contribution in [-0.2, 0) is 6.42 Å². The Kier molecular flexibility index (Phi) is 1.96. The van der Waals surface area contributed by atoms with E-state index in [9.17, 15) is 0 Å². The van der Waals surface area contributed by atoms with Gasteiger partial charge in [0, 0.05) is 5.56 Å². The van der Waals surface area contributed by atoms with Crippen molar-refractivity contribution in [3.63, 3.8) is 0 Å². The second-order valence-electron chi connectivity index (χ2n) is 3.12. The SMILES string of the molecule is Nc1cc(Cl)c(N)c2c1OCCC2. The molecular formula is C9H11ClN2O. The van der Waals surface area contributed by atoms with Crippen molar-refractivity contribution in [1.29, 1.82) is 0 Å². The third-order valence-corrected chi connectivity index (χ3v) is 2.53. The molecule has 0 aromatic heterocycles. The molecule has 0 saturated heterocycles. The zero-order chi connectivity index (χ0) is 9.42. The fraction of sp³-hybridized carbons (Fsp3) is 0.333. The minimum Gasteiger partial charge on any atom is -0.491 e. The van der Waals surface area contributed by atoms with E-state index < -0.39 is 0 Å². The van der Waals surface area contributed by atoms with Crippen molar-refractivity contribution in [3.8, 4) is 5.75 Å². The first-order valence-corrected chi connectivity index (χ1v) is 4.57. The lowest BCUT2D eigenvalue weighted by Gasteiger charge is -2.21. The van der Waals surface area contributed by atoms with Gasteiger partial charge in [0.05, 0.1) is 23.0 Å². The summed E-state index contributed by atoms with van der Waals surface area (Å²) in [6, 6.07) is 1.64. The van der Waals surface area contributed by atoms with E-state index in [1.807, 2.05) is 0 Å². The Balaban J connectivity index is 2.63. The Morgan fingerprint density at radius 3 is 2.92 bits per heavy atom. The van der Waals surface area contributed by atoms with Crippen molar-refractivity contribution in [1.82, 2.24) is 0 Å². The normalized spacial score (nSPS) is 14.8. The summed E-state index contributed by atoms with van der Waals surface area (Å²) in [7, 11) is 0. The molecule has 0 bridgehead atoms. The summed E-state index contributed by atoms with van der Waals surface area (Å²) in [4.78, 5) is 0. The standard InChI is InChI=1S/C9H11ClN2O/c10-6-4-7(11)9-5(8(6)12)2-1-3-13-9/h4H,1-3,11-12H2. The predicted molar refractivity (Wildman–Crippen MR) is 54.1 cm³/mol. The second kappa shape index (κ2) is 3.00. The van der Waals surface area contributed by atoms with E-state index in [0.29, 0.717) is 28.8 Å². The van der Waals surface area contributed by atoms with Crippen LogP contribution in [0.1, 0.15) is 12.0 Å². The average molecular weight is 199 g/mol. The van der Waals surface area contributed by atoms with Gasteiger partial charge < -0.3 is 16.2 Å². The minimum atomic E-state index is 0.516. The van der Waals surface area contributed by atoms with Gasteiger partial charge in [0.1, 0.15) is 5.75 Å². The lowest BCUT2D eigenvalue weighted by molar-refractivity contribution is 0.290. The molecule has 1 aromatic carbocycles. The molecule has 13 heavy (non-hydrogen) atoms. The fourth-order valence-corrected chi connectivity index (χ4v) is 1.79. The number of nitrogen functional groups attached to an aromatic ring is 2. The van der Waals surface area contributed by atoms with Crippen LogP contribution < -0.4 is 16.2 Å². The van der Waals surface area contributed by atoms with Crippen molar-refractivity contribution < 1.29 is 4.74 Å². The molecule has 0 aliphatic carbocycles. The van der Waals surface area contributed by atoms with Gasteiger partial charge in [-0.3, -0.25) is 0 Å². The van der Waals surface area contributed by atoms with Crippen LogP contribution in [0.15, 0.2) is 6.07 Å². The van der Waals surface area contributed by atoms with Crippen LogP contribution in [-0.4, -0.2) is 6.61 Å². The van der Waals surface area contributed by atoms with Crippen molar-refractivity contribution in [2.75, 3.05) is 18.1 Å². The fourth-order valence-electron chi connectivity index (χ4n) is 1.56. The summed E-state index contributed by atoms with van der Waals surface area (Å²) in [6.45, 7) is 0.707. The van der Waals surface area contributed by atoms with E-state index in [4.69, 9.17) is 27.8 Å². The zero-order valence-electron chi connectivity index (χ0n) is 7.14. The molecule has 0 fully saturated rings. The highest BCUT2D eigenvalue weighted by Gasteiger charge is 2.18. The molecule has 2 rings (SSSR count). The highest BCUT2D eigenvalue weighted by atomic mass is 35.5. The van der Waals surface area contributed by atoms with Gasteiger partial charge in [0.15, 0.2) is 0 Å². The van der Waals surface area contributed by atoms with Crippen LogP contribution >= 0.6 is 11.6 Å².